The summed E-state index contributed by atoms with van der Waals surface area (Å²) in [5.74, 6) is 1.16. The van der Waals surface area contributed by atoms with E-state index in [9.17, 15) is 5.11 Å². The molecule has 0 saturated heterocycles. The Morgan fingerprint density at radius 3 is 2.67 bits per heavy atom. The van der Waals surface area contributed by atoms with Gasteiger partial charge in [0.05, 0.1) is 0 Å². The van der Waals surface area contributed by atoms with Crippen LogP contribution in [0.4, 0.5) is 0 Å². The van der Waals surface area contributed by atoms with Crippen LogP contribution >= 0.6 is 0 Å². The molecule has 2 heteroatoms. The summed E-state index contributed by atoms with van der Waals surface area (Å²) in [5.41, 5.74) is 3.23. The normalized spacial score (nSPS) is 17.9. The zero-order chi connectivity index (χ0) is 12.5. The van der Waals surface area contributed by atoms with E-state index in [1.54, 1.807) is 6.07 Å². The van der Waals surface area contributed by atoms with Gasteiger partial charge in [-0.2, -0.15) is 0 Å². The fourth-order valence-corrected chi connectivity index (χ4v) is 2.49. The lowest BCUT2D eigenvalue weighted by molar-refractivity contribution is 0.174. The van der Waals surface area contributed by atoms with Crippen molar-refractivity contribution >= 4 is 0 Å². The molecule has 0 fully saturated rings. The van der Waals surface area contributed by atoms with Crippen molar-refractivity contribution in [2.24, 2.45) is 0 Å². The number of rotatable bonds is 1. The molecule has 0 saturated carbocycles. The van der Waals surface area contributed by atoms with Crippen LogP contribution in [0.5, 0.6) is 11.5 Å². The molecule has 1 aliphatic heterocycles. The molecule has 1 atom stereocenters. The Hall–Kier alpha value is -1.96. The molecule has 0 unspecified atom stereocenters. The number of fused-ring (bicyclic) bond motifs is 1. The summed E-state index contributed by atoms with van der Waals surface area (Å²) in [6.45, 7) is 1.90. The summed E-state index contributed by atoms with van der Waals surface area (Å²) in [5, 5.41) is 9.75. The van der Waals surface area contributed by atoms with Gasteiger partial charge in [-0.05, 0) is 37.0 Å². The Morgan fingerprint density at radius 1 is 1.11 bits per heavy atom. The highest BCUT2D eigenvalue weighted by atomic mass is 16.5. The molecule has 2 nitrogen and oxygen atoms in total. The maximum atomic E-state index is 9.75. The lowest BCUT2D eigenvalue weighted by Gasteiger charge is -2.28. The second-order valence-corrected chi connectivity index (χ2v) is 4.75. The summed E-state index contributed by atoms with van der Waals surface area (Å²) >= 11 is 0. The number of aromatic hydroxyl groups is 1. The molecule has 1 heterocycles. The number of phenols is 1. The van der Waals surface area contributed by atoms with Crippen molar-refractivity contribution in [1.29, 1.82) is 0 Å². The van der Waals surface area contributed by atoms with Crippen LogP contribution in [0.15, 0.2) is 42.5 Å². The average Bonchev–Trinajstić information content (AvgIpc) is 2.44. The summed E-state index contributed by atoms with van der Waals surface area (Å²) < 4.78 is 6.07. The van der Waals surface area contributed by atoms with Crippen LogP contribution in [0.1, 0.15) is 29.2 Å². The van der Waals surface area contributed by atoms with E-state index in [1.165, 1.54) is 11.1 Å². The first kappa shape index (κ1) is 11.1. The van der Waals surface area contributed by atoms with Crippen molar-refractivity contribution in [2.45, 2.75) is 25.9 Å². The summed E-state index contributed by atoms with van der Waals surface area (Å²) in [4.78, 5) is 0. The predicted octanol–water partition coefficient (Wildman–Crippen LogP) is 3.77. The van der Waals surface area contributed by atoms with E-state index in [-0.39, 0.29) is 6.10 Å². The van der Waals surface area contributed by atoms with Gasteiger partial charge in [0, 0.05) is 5.56 Å². The van der Waals surface area contributed by atoms with E-state index in [0.29, 0.717) is 5.75 Å². The van der Waals surface area contributed by atoms with E-state index in [4.69, 9.17) is 4.74 Å². The molecular formula is C16H16O2. The smallest absolute Gasteiger partial charge is 0.130 e. The largest absolute Gasteiger partial charge is 0.508 e. The lowest BCUT2D eigenvalue weighted by atomic mass is 9.95. The monoisotopic (exact) mass is 240 g/mol. The first-order chi connectivity index (χ1) is 8.75. The molecule has 0 radical (unpaired) electrons. The summed E-state index contributed by atoms with van der Waals surface area (Å²) in [6, 6.07) is 14.0. The first-order valence-corrected chi connectivity index (χ1v) is 6.29. The van der Waals surface area contributed by atoms with Crippen LogP contribution in [0.3, 0.4) is 0 Å². The maximum absolute atomic E-state index is 9.75. The third-order valence-corrected chi connectivity index (χ3v) is 3.57. The van der Waals surface area contributed by atoms with Gasteiger partial charge < -0.3 is 9.84 Å². The van der Waals surface area contributed by atoms with Crippen molar-refractivity contribution < 1.29 is 9.84 Å². The highest BCUT2D eigenvalue weighted by Crippen LogP contribution is 2.39. The number of aryl methyl sites for hydroxylation is 1. The van der Waals surface area contributed by atoms with Gasteiger partial charge in [0.2, 0.25) is 0 Å². The van der Waals surface area contributed by atoms with Crippen molar-refractivity contribution in [3.8, 4) is 11.5 Å². The van der Waals surface area contributed by atoms with Gasteiger partial charge in [0.1, 0.15) is 17.6 Å². The molecule has 2 aromatic rings. The molecule has 0 spiro atoms. The second-order valence-electron chi connectivity index (χ2n) is 4.75. The van der Waals surface area contributed by atoms with Crippen molar-refractivity contribution in [3.05, 3.63) is 59.2 Å². The van der Waals surface area contributed by atoms with E-state index < -0.39 is 0 Å². The van der Waals surface area contributed by atoms with Crippen molar-refractivity contribution in [2.75, 3.05) is 0 Å². The highest BCUT2D eigenvalue weighted by molar-refractivity contribution is 5.50. The molecule has 0 amide bonds. The molecule has 0 aliphatic carbocycles. The Labute approximate surface area is 107 Å². The van der Waals surface area contributed by atoms with Gasteiger partial charge >= 0.3 is 0 Å². The fourth-order valence-electron chi connectivity index (χ4n) is 2.49. The van der Waals surface area contributed by atoms with E-state index in [0.717, 1.165) is 24.2 Å². The minimum atomic E-state index is 0.0965. The predicted molar refractivity (Wildman–Crippen MR) is 71.0 cm³/mol. The Morgan fingerprint density at radius 2 is 1.89 bits per heavy atom. The topological polar surface area (TPSA) is 29.5 Å². The Bertz CT molecular complexity index is 561. The van der Waals surface area contributed by atoms with Crippen LogP contribution < -0.4 is 4.74 Å². The van der Waals surface area contributed by atoms with Crippen molar-refractivity contribution in [3.63, 3.8) is 0 Å². The average molecular weight is 240 g/mol. The van der Waals surface area contributed by atoms with Crippen LogP contribution in [-0.2, 0) is 6.42 Å². The molecule has 18 heavy (non-hydrogen) atoms. The Balaban J connectivity index is 1.96. The number of benzene rings is 2. The number of ether oxygens (including phenoxy) is 1. The fraction of sp³-hybridized carbons (Fsp3) is 0.250. The van der Waals surface area contributed by atoms with Gasteiger partial charge in [-0.3, -0.25) is 0 Å². The summed E-state index contributed by atoms with van der Waals surface area (Å²) in [6.07, 6.45) is 2.08. The van der Waals surface area contributed by atoms with Gasteiger partial charge in [-0.25, -0.2) is 0 Å². The third kappa shape index (κ3) is 1.84. The standard InChI is InChI=1S/C16H16O2/c1-11-14(17)9-7-13-8-10-15(18-16(11)13)12-5-3-2-4-6-12/h2-7,9,15,17H,8,10H2,1H3/t15-/m1/s1. The molecule has 2 aromatic carbocycles. The van der Waals surface area contributed by atoms with Gasteiger partial charge in [0.15, 0.2) is 0 Å². The minimum absolute atomic E-state index is 0.0965. The zero-order valence-corrected chi connectivity index (χ0v) is 10.4. The third-order valence-electron chi connectivity index (χ3n) is 3.57. The lowest BCUT2D eigenvalue weighted by Crippen LogP contribution is -2.15. The van der Waals surface area contributed by atoms with Gasteiger partial charge in [-0.1, -0.05) is 36.4 Å². The molecule has 3 rings (SSSR count). The minimum Gasteiger partial charge on any atom is -0.508 e. The van der Waals surface area contributed by atoms with E-state index in [2.05, 4.69) is 12.1 Å². The van der Waals surface area contributed by atoms with E-state index >= 15 is 0 Å². The molecule has 1 aliphatic rings. The Kier molecular flexibility index (Phi) is 2.71. The van der Waals surface area contributed by atoms with Crippen LogP contribution in [0.2, 0.25) is 0 Å². The maximum Gasteiger partial charge on any atom is 0.130 e. The first-order valence-electron chi connectivity index (χ1n) is 6.29. The van der Waals surface area contributed by atoms with Crippen LogP contribution in [0, 0.1) is 6.92 Å². The number of phenolic OH excluding ortho intramolecular Hbond substituents is 1. The number of hydrogen-bond acceptors (Lipinski definition) is 2. The molecular weight excluding hydrogens is 224 g/mol. The molecule has 1 N–H and O–H groups in total. The van der Waals surface area contributed by atoms with E-state index in [1.807, 2.05) is 31.2 Å². The molecule has 0 bridgehead atoms. The molecule has 92 valence electrons. The number of hydrogen-bond donors (Lipinski definition) is 1. The highest BCUT2D eigenvalue weighted by Gasteiger charge is 2.23. The van der Waals surface area contributed by atoms with Crippen molar-refractivity contribution in [1.82, 2.24) is 0 Å². The zero-order valence-electron chi connectivity index (χ0n) is 10.4. The second kappa shape index (κ2) is 4.37. The van der Waals surface area contributed by atoms with Crippen LogP contribution in [-0.4, -0.2) is 5.11 Å². The van der Waals surface area contributed by atoms with Crippen LogP contribution in [0.25, 0.3) is 0 Å². The molecule has 0 aromatic heterocycles. The van der Waals surface area contributed by atoms with Gasteiger partial charge in [0.25, 0.3) is 0 Å². The SMILES string of the molecule is Cc1c(O)ccc2c1O[C@@H](c1ccccc1)CC2. The quantitative estimate of drug-likeness (QED) is 0.822. The van der Waals surface area contributed by atoms with Gasteiger partial charge in [-0.15, -0.1) is 0 Å². The summed E-state index contributed by atoms with van der Waals surface area (Å²) in [7, 11) is 0.